The summed E-state index contributed by atoms with van der Waals surface area (Å²) < 4.78 is 4.92. The average Bonchev–Trinajstić information content (AvgIpc) is 2.17. The number of aliphatic hydroxyl groups excluding tert-OH is 1. The summed E-state index contributed by atoms with van der Waals surface area (Å²) in [5.41, 5.74) is -0.535. The molecule has 0 fully saturated rings. The van der Waals surface area contributed by atoms with Gasteiger partial charge in [-0.05, 0) is 26.7 Å². The molecule has 0 spiro atoms. The van der Waals surface area contributed by atoms with Crippen molar-refractivity contribution in [2.45, 2.75) is 39.2 Å². The van der Waals surface area contributed by atoms with Gasteiger partial charge in [-0.1, -0.05) is 6.92 Å². The fraction of sp³-hybridized carbons (Fsp3) is 0.909. The summed E-state index contributed by atoms with van der Waals surface area (Å²) in [6.45, 7) is 6.11. The first-order valence-electron chi connectivity index (χ1n) is 5.35. The fourth-order valence-electron chi connectivity index (χ4n) is 1.16. The molecule has 0 aliphatic rings. The molecular formula is C11H23NO3. The second-order valence-electron chi connectivity index (χ2n) is 4.57. The van der Waals surface area contributed by atoms with Crippen LogP contribution < -0.4 is 5.32 Å². The van der Waals surface area contributed by atoms with Crippen LogP contribution in [-0.4, -0.2) is 36.9 Å². The number of hydrogen-bond acceptors (Lipinski definition) is 3. The Kier molecular flexibility index (Phi) is 6.52. The van der Waals surface area contributed by atoms with Gasteiger partial charge in [0.05, 0.1) is 12.1 Å². The molecule has 0 rings (SSSR count). The Bertz CT molecular complexity index is 192. The topological polar surface area (TPSA) is 58.6 Å². The van der Waals surface area contributed by atoms with Crippen molar-refractivity contribution in [1.29, 1.82) is 0 Å². The molecule has 15 heavy (non-hydrogen) atoms. The number of ether oxygens (including phenoxy) is 1. The maximum Gasteiger partial charge on any atom is 0.223 e. The molecule has 0 heterocycles. The van der Waals surface area contributed by atoms with Crippen molar-refractivity contribution in [3.63, 3.8) is 0 Å². The summed E-state index contributed by atoms with van der Waals surface area (Å²) >= 11 is 0. The zero-order chi connectivity index (χ0) is 11.9. The van der Waals surface area contributed by atoms with Crippen LogP contribution in [0.4, 0.5) is 0 Å². The molecule has 0 bridgehead atoms. The molecule has 2 N–H and O–H groups in total. The van der Waals surface area contributed by atoms with Gasteiger partial charge in [-0.15, -0.1) is 0 Å². The summed E-state index contributed by atoms with van der Waals surface area (Å²) in [5.74, 6) is -0.0453. The van der Waals surface area contributed by atoms with Crippen LogP contribution in [0.5, 0.6) is 0 Å². The molecule has 0 saturated heterocycles. The van der Waals surface area contributed by atoms with Crippen molar-refractivity contribution < 1.29 is 14.6 Å². The third-order valence-electron chi connectivity index (χ3n) is 2.29. The highest BCUT2D eigenvalue weighted by atomic mass is 16.5. The average molecular weight is 217 g/mol. The van der Waals surface area contributed by atoms with Crippen molar-refractivity contribution in [3.8, 4) is 0 Å². The number of amides is 1. The molecule has 4 nitrogen and oxygen atoms in total. The molecule has 1 amide bonds. The third-order valence-corrected chi connectivity index (χ3v) is 2.29. The zero-order valence-electron chi connectivity index (χ0n) is 10.2. The number of aliphatic hydroxyl groups is 1. The van der Waals surface area contributed by atoms with E-state index in [1.165, 1.54) is 0 Å². The van der Waals surface area contributed by atoms with Crippen molar-refractivity contribution in [2.24, 2.45) is 5.92 Å². The number of carbonyl (C=O) groups excluding carboxylic acids is 1. The SMILES string of the molecule is COCCCC(C)C(=O)NC(C)(C)CO. The van der Waals surface area contributed by atoms with Crippen molar-refractivity contribution in [3.05, 3.63) is 0 Å². The normalized spacial score (nSPS) is 13.7. The lowest BCUT2D eigenvalue weighted by Gasteiger charge is -2.25. The van der Waals surface area contributed by atoms with Gasteiger partial charge in [-0.3, -0.25) is 4.79 Å². The monoisotopic (exact) mass is 217 g/mol. The first kappa shape index (κ1) is 14.4. The smallest absolute Gasteiger partial charge is 0.223 e. The van der Waals surface area contributed by atoms with Crippen molar-refractivity contribution >= 4 is 5.91 Å². The van der Waals surface area contributed by atoms with Gasteiger partial charge in [0.1, 0.15) is 0 Å². The van der Waals surface area contributed by atoms with Crippen LogP contribution in [0.2, 0.25) is 0 Å². The molecule has 4 heteroatoms. The van der Waals surface area contributed by atoms with E-state index in [1.807, 2.05) is 6.92 Å². The van der Waals surface area contributed by atoms with Gasteiger partial charge in [0.15, 0.2) is 0 Å². The van der Waals surface area contributed by atoms with Crippen LogP contribution in [0.25, 0.3) is 0 Å². The quantitative estimate of drug-likeness (QED) is 0.624. The summed E-state index contributed by atoms with van der Waals surface area (Å²) in [7, 11) is 1.65. The van der Waals surface area contributed by atoms with Crippen molar-refractivity contribution in [1.82, 2.24) is 5.32 Å². The Hall–Kier alpha value is -0.610. The lowest BCUT2D eigenvalue weighted by molar-refractivity contribution is -0.126. The lowest BCUT2D eigenvalue weighted by atomic mass is 10.0. The third kappa shape index (κ3) is 6.47. The number of hydrogen-bond donors (Lipinski definition) is 2. The van der Waals surface area contributed by atoms with E-state index in [2.05, 4.69) is 5.32 Å². The Labute approximate surface area is 92.0 Å². The Morgan fingerprint density at radius 3 is 2.60 bits per heavy atom. The highest BCUT2D eigenvalue weighted by molar-refractivity contribution is 5.78. The molecule has 0 aromatic rings. The fourth-order valence-corrected chi connectivity index (χ4v) is 1.16. The summed E-state index contributed by atoms with van der Waals surface area (Å²) in [6, 6.07) is 0. The number of carbonyl (C=O) groups is 1. The van der Waals surface area contributed by atoms with E-state index >= 15 is 0 Å². The molecule has 0 aliphatic heterocycles. The summed E-state index contributed by atoms with van der Waals surface area (Å²) in [6.07, 6.45) is 1.69. The number of rotatable bonds is 7. The largest absolute Gasteiger partial charge is 0.394 e. The predicted octanol–water partition coefficient (Wildman–Crippen LogP) is 0.936. The maximum absolute atomic E-state index is 11.6. The van der Waals surface area contributed by atoms with E-state index in [0.29, 0.717) is 6.61 Å². The Balaban J connectivity index is 3.88. The molecule has 0 radical (unpaired) electrons. The predicted molar refractivity (Wildman–Crippen MR) is 59.6 cm³/mol. The van der Waals surface area contributed by atoms with E-state index < -0.39 is 5.54 Å². The molecule has 1 unspecified atom stereocenters. The van der Waals surface area contributed by atoms with Crippen LogP contribution in [0.15, 0.2) is 0 Å². The van der Waals surface area contributed by atoms with Crippen LogP contribution >= 0.6 is 0 Å². The van der Waals surface area contributed by atoms with Crippen LogP contribution in [0.3, 0.4) is 0 Å². The summed E-state index contributed by atoms with van der Waals surface area (Å²) in [4.78, 5) is 11.6. The zero-order valence-corrected chi connectivity index (χ0v) is 10.2. The maximum atomic E-state index is 11.6. The number of nitrogens with one attached hydrogen (secondary N) is 1. The van der Waals surface area contributed by atoms with Crippen LogP contribution in [-0.2, 0) is 9.53 Å². The molecular weight excluding hydrogens is 194 g/mol. The van der Waals surface area contributed by atoms with E-state index in [-0.39, 0.29) is 18.4 Å². The molecule has 0 saturated carbocycles. The number of methoxy groups -OCH3 is 1. The van der Waals surface area contributed by atoms with Gasteiger partial charge in [0.25, 0.3) is 0 Å². The Morgan fingerprint density at radius 1 is 1.53 bits per heavy atom. The van der Waals surface area contributed by atoms with Crippen molar-refractivity contribution in [2.75, 3.05) is 20.3 Å². The van der Waals surface area contributed by atoms with Gasteiger partial charge >= 0.3 is 0 Å². The van der Waals surface area contributed by atoms with Gasteiger partial charge in [-0.2, -0.15) is 0 Å². The van der Waals surface area contributed by atoms with Gasteiger partial charge in [0.2, 0.25) is 5.91 Å². The van der Waals surface area contributed by atoms with Crippen LogP contribution in [0, 0.1) is 5.92 Å². The first-order chi connectivity index (χ1) is 6.93. The summed E-state index contributed by atoms with van der Waals surface area (Å²) in [5, 5.41) is 11.8. The highest BCUT2D eigenvalue weighted by Crippen LogP contribution is 2.08. The minimum absolute atomic E-state index is 0.00912. The minimum Gasteiger partial charge on any atom is -0.394 e. The van der Waals surface area contributed by atoms with Gasteiger partial charge in [-0.25, -0.2) is 0 Å². The second kappa shape index (κ2) is 6.80. The standard InChI is InChI=1S/C11H23NO3/c1-9(6-5-7-15-4)10(14)12-11(2,3)8-13/h9,13H,5-8H2,1-4H3,(H,12,14). The minimum atomic E-state index is -0.535. The highest BCUT2D eigenvalue weighted by Gasteiger charge is 2.22. The molecule has 90 valence electrons. The van der Waals surface area contributed by atoms with E-state index in [0.717, 1.165) is 12.8 Å². The van der Waals surface area contributed by atoms with Crippen LogP contribution in [0.1, 0.15) is 33.6 Å². The molecule has 0 aromatic heterocycles. The van der Waals surface area contributed by atoms with Gasteiger partial charge < -0.3 is 15.2 Å². The van der Waals surface area contributed by atoms with E-state index in [1.54, 1.807) is 21.0 Å². The lowest BCUT2D eigenvalue weighted by Crippen LogP contribution is -2.48. The molecule has 0 aliphatic carbocycles. The first-order valence-corrected chi connectivity index (χ1v) is 5.35. The van der Waals surface area contributed by atoms with E-state index in [9.17, 15) is 4.79 Å². The Morgan fingerprint density at radius 2 is 2.13 bits per heavy atom. The van der Waals surface area contributed by atoms with E-state index in [4.69, 9.17) is 9.84 Å². The van der Waals surface area contributed by atoms with Gasteiger partial charge in [0, 0.05) is 19.6 Å². The second-order valence-corrected chi connectivity index (χ2v) is 4.57. The molecule has 0 aromatic carbocycles. The molecule has 1 atom stereocenters.